The van der Waals surface area contributed by atoms with E-state index in [9.17, 15) is 14.4 Å². The summed E-state index contributed by atoms with van der Waals surface area (Å²) < 4.78 is 2.99. The Morgan fingerprint density at radius 3 is 2.05 bits per heavy atom. The highest BCUT2D eigenvalue weighted by molar-refractivity contribution is 5.22. The molecule has 2 aromatic rings. The Morgan fingerprint density at radius 2 is 1.50 bits per heavy atom. The lowest BCUT2D eigenvalue weighted by Crippen LogP contribution is -2.53. The van der Waals surface area contributed by atoms with Gasteiger partial charge in [0.25, 0.3) is 0 Å². The summed E-state index contributed by atoms with van der Waals surface area (Å²) in [6.45, 7) is 5.79. The highest BCUT2D eigenvalue weighted by Crippen LogP contribution is 2.05. The van der Waals surface area contributed by atoms with Crippen LogP contribution < -0.4 is 17.1 Å². The molecule has 1 aromatic heterocycles. The number of rotatable bonds is 5. The molecule has 0 bridgehead atoms. The lowest BCUT2D eigenvalue weighted by Gasteiger charge is -2.11. The number of nitrogens with zero attached hydrogens (tertiary/aromatic N) is 3. The normalized spacial score (nSPS) is 10.6. The first-order valence-electron chi connectivity index (χ1n) is 7.09. The lowest BCUT2D eigenvalue weighted by molar-refractivity contribution is 0.512. The fraction of sp³-hybridized carbons (Fsp3) is 0.312. The molecule has 0 saturated heterocycles. The maximum atomic E-state index is 12.3. The second-order valence-corrected chi connectivity index (χ2v) is 5.06. The number of benzene rings is 1. The first-order valence-corrected chi connectivity index (χ1v) is 7.09. The van der Waals surface area contributed by atoms with E-state index in [4.69, 9.17) is 0 Å². The smallest absolute Gasteiger partial charge is 0.248 e. The SMILES string of the molecule is C=CCn1c(=O)n(C)c(=O)n(Cc2ccc(CC)cc2)c1=O. The van der Waals surface area contributed by atoms with Crippen molar-refractivity contribution in [2.45, 2.75) is 26.4 Å². The molecule has 1 heterocycles. The summed E-state index contributed by atoms with van der Waals surface area (Å²) in [5, 5.41) is 0. The molecular weight excluding hydrogens is 282 g/mol. The van der Waals surface area contributed by atoms with Crippen LogP contribution in [-0.4, -0.2) is 13.7 Å². The number of allylic oxidation sites excluding steroid dienone is 1. The predicted octanol–water partition coefficient (Wildman–Crippen LogP) is 0.505. The average Bonchev–Trinajstić information content (AvgIpc) is 2.54. The fourth-order valence-electron chi connectivity index (χ4n) is 2.24. The van der Waals surface area contributed by atoms with Crippen molar-refractivity contribution in [1.29, 1.82) is 0 Å². The molecule has 116 valence electrons. The monoisotopic (exact) mass is 301 g/mol. The van der Waals surface area contributed by atoms with Gasteiger partial charge in [-0.15, -0.1) is 6.58 Å². The highest BCUT2D eigenvalue weighted by Gasteiger charge is 2.12. The third kappa shape index (κ3) is 2.86. The van der Waals surface area contributed by atoms with Crippen molar-refractivity contribution in [2.75, 3.05) is 0 Å². The van der Waals surface area contributed by atoms with Crippen molar-refractivity contribution in [1.82, 2.24) is 13.7 Å². The molecule has 0 amide bonds. The van der Waals surface area contributed by atoms with Gasteiger partial charge in [0.2, 0.25) is 0 Å². The Hall–Kier alpha value is -2.63. The van der Waals surface area contributed by atoms with Gasteiger partial charge in [0.15, 0.2) is 0 Å². The van der Waals surface area contributed by atoms with Crippen LogP contribution in [0.4, 0.5) is 0 Å². The second-order valence-electron chi connectivity index (χ2n) is 5.06. The van der Waals surface area contributed by atoms with Crippen molar-refractivity contribution in [2.24, 2.45) is 7.05 Å². The molecule has 0 atom stereocenters. The largest absolute Gasteiger partial charge is 0.336 e. The number of aromatic nitrogens is 3. The number of aryl methyl sites for hydroxylation is 1. The zero-order chi connectivity index (χ0) is 16.3. The van der Waals surface area contributed by atoms with E-state index >= 15 is 0 Å². The third-order valence-electron chi connectivity index (χ3n) is 3.58. The maximum Gasteiger partial charge on any atom is 0.336 e. The van der Waals surface area contributed by atoms with Gasteiger partial charge >= 0.3 is 17.1 Å². The standard InChI is InChI=1S/C16H19N3O3/c1-4-10-18-14(20)17(3)15(21)19(16(18)22)11-13-8-6-12(5-2)7-9-13/h4,6-9H,1,5,10-11H2,2-3H3. The van der Waals surface area contributed by atoms with E-state index in [1.54, 1.807) is 0 Å². The Bertz CT molecular complexity index is 854. The molecule has 6 nitrogen and oxygen atoms in total. The van der Waals surface area contributed by atoms with Crippen LogP contribution in [0.5, 0.6) is 0 Å². The van der Waals surface area contributed by atoms with E-state index in [1.165, 1.54) is 18.7 Å². The van der Waals surface area contributed by atoms with Gasteiger partial charge in [0.1, 0.15) is 0 Å². The number of hydrogen-bond acceptors (Lipinski definition) is 3. The van der Waals surface area contributed by atoms with E-state index in [-0.39, 0.29) is 13.1 Å². The zero-order valence-corrected chi connectivity index (χ0v) is 12.8. The van der Waals surface area contributed by atoms with E-state index in [0.29, 0.717) is 0 Å². The quantitative estimate of drug-likeness (QED) is 0.756. The van der Waals surface area contributed by atoms with Crippen LogP contribution in [0.2, 0.25) is 0 Å². The van der Waals surface area contributed by atoms with Crippen molar-refractivity contribution in [3.63, 3.8) is 0 Å². The third-order valence-corrected chi connectivity index (χ3v) is 3.58. The van der Waals surface area contributed by atoms with Crippen molar-refractivity contribution in [3.8, 4) is 0 Å². The highest BCUT2D eigenvalue weighted by atomic mass is 16.2. The minimum Gasteiger partial charge on any atom is -0.248 e. The minimum atomic E-state index is -0.632. The zero-order valence-electron chi connectivity index (χ0n) is 12.8. The van der Waals surface area contributed by atoms with Crippen LogP contribution in [0.1, 0.15) is 18.1 Å². The Balaban J connectivity index is 2.54. The lowest BCUT2D eigenvalue weighted by atomic mass is 10.1. The molecule has 0 unspecified atom stereocenters. The summed E-state index contributed by atoms with van der Waals surface area (Å²) in [6.07, 6.45) is 2.37. The van der Waals surface area contributed by atoms with Crippen LogP contribution in [0, 0.1) is 0 Å². The van der Waals surface area contributed by atoms with Gasteiger partial charge in [0.05, 0.1) is 13.1 Å². The van der Waals surface area contributed by atoms with Crippen LogP contribution in [0.25, 0.3) is 0 Å². The van der Waals surface area contributed by atoms with Crippen LogP contribution in [-0.2, 0) is 26.6 Å². The summed E-state index contributed by atoms with van der Waals surface area (Å²) in [5.74, 6) is 0. The molecule has 22 heavy (non-hydrogen) atoms. The molecule has 0 radical (unpaired) electrons. The van der Waals surface area contributed by atoms with Crippen molar-refractivity contribution in [3.05, 3.63) is 79.5 Å². The van der Waals surface area contributed by atoms with Gasteiger partial charge in [-0.3, -0.25) is 0 Å². The molecule has 0 saturated carbocycles. The van der Waals surface area contributed by atoms with Crippen LogP contribution in [0.15, 0.2) is 51.3 Å². The van der Waals surface area contributed by atoms with Crippen LogP contribution in [0.3, 0.4) is 0 Å². The average molecular weight is 301 g/mol. The minimum absolute atomic E-state index is 0.0700. The van der Waals surface area contributed by atoms with E-state index in [2.05, 4.69) is 13.5 Å². The van der Waals surface area contributed by atoms with E-state index < -0.39 is 17.1 Å². The predicted molar refractivity (Wildman–Crippen MR) is 85.3 cm³/mol. The van der Waals surface area contributed by atoms with E-state index in [1.807, 2.05) is 24.3 Å². The number of hydrogen-bond donors (Lipinski definition) is 0. The van der Waals surface area contributed by atoms with Gasteiger partial charge in [-0.05, 0) is 17.5 Å². The van der Waals surface area contributed by atoms with Gasteiger partial charge in [-0.2, -0.15) is 0 Å². The molecular formula is C16H19N3O3. The summed E-state index contributed by atoms with van der Waals surface area (Å²) in [4.78, 5) is 36.5. The molecule has 0 fully saturated rings. The summed E-state index contributed by atoms with van der Waals surface area (Å²) >= 11 is 0. The molecule has 6 heteroatoms. The topological polar surface area (TPSA) is 66.0 Å². The molecule has 0 aliphatic carbocycles. The van der Waals surface area contributed by atoms with Gasteiger partial charge in [0, 0.05) is 7.05 Å². The van der Waals surface area contributed by atoms with E-state index in [0.717, 1.165) is 25.7 Å². The van der Waals surface area contributed by atoms with Gasteiger partial charge in [-0.1, -0.05) is 37.3 Å². The summed E-state index contributed by atoms with van der Waals surface area (Å²) in [6, 6.07) is 7.69. The molecule has 0 N–H and O–H groups in total. The Labute approximate surface area is 127 Å². The fourth-order valence-corrected chi connectivity index (χ4v) is 2.24. The molecule has 0 aliphatic heterocycles. The van der Waals surface area contributed by atoms with Crippen molar-refractivity contribution < 1.29 is 0 Å². The van der Waals surface area contributed by atoms with Crippen LogP contribution >= 0.6 is 0 Å². The van der Waals surface area contributed by atoms with Crippen molar-refractivity contribution >= 4 is 0 Å². The summed E-state index contributed by atoms with van der Waals surface area (Å²) in [5.41, 5.74) is 0.149. The van der Waals surface area contributed by atoms with Gasteiger partial charge < -0.3 is 0 Å². The van der Waals surface area contributed by atoms with Gasteiger partial charge in [-0.25, -0.2) is 28.1 Å². The first-order chi connectivity index (χ1) is 10.5. The molecule has 0 aliphatic rings. The Kier molecular flexibility index (Phi) is 4.60. The second kappa shape index (κ2) is 6.43. The molecule has 1 aromatic carbocycles. The first kappa shape index (κ1) is 15.8. The molecule has 0 spiro atoms. The Morgan fingerprint density at radius 1 is 0.955 bits per heavy atom. The summed E-state index contributed by atoms with van der Waals surface area (Å²) in [7, 11) is 1.36. The maximum absolute atomic E-state index is 12.3. The molecule has 2 rings (SSSR count).